The number of nitrogens with zero attached hydrogens (tertiary/aromatic N) is 2. The molecule has 0 radical (unpaired) electrons. The summed E-state index contributed by atoms with van der Waals surface area (Å²) in [5.74, 6) is -0.903. The number of hydrogen-bond acceptors (Lipinski definition) is 6. The summed E-state index contributed by atoms with van der Waals surface area (Å²) in [5, 5.41) is 13.5. The number of carboxylic acid groups (broad SMARTS) is 1. The summed E-state index contributed by atoms with van der Waals surface area (Å²) in [6, 6.07) is 1.67. The maximum atomic E-state index is 10.9. The minimum Gasteiger partial charge on any atom is -0.478 e. The average Bonchev–Trinajstić information content (AvgIpc) is 3.08. The third kappa shape index (κ3) is 2.76. The van der Waals surface area contributed by atoms with Crippen LogP contribution in [0.5, 0.6) is 0 Å². The van der Waals surface area contributed by atoms with Gasteiger partial charge in [0.2, 0.25) is 0 Å². The molecule has 2 aromatic rings. The smallest absolute Gasteiger partial charge is 0.336 e. The van der Waals surface area contributed by atoms with Gasteiger partial charge in [0.05, 0.1) is 22.7 Å². The van der Waals surface area contributed by atoms with E-state index in [0.29, 0.717) is 5.56 Å². The Balaban J connectivity index is 1.80. The highest BCUT2D eigenvalue weighted by atomic mass is 32.1. The molecule has 2 aromatic heterocycles. The summed E-state index contributed by atoms with van der Waals surface area (Å²) >= 11 is 2.97. The highest BCUT2D eigenvalue weighted by Crippen LogP contribution is 2.32. The van der Waals surface area contributed by atoms with Crippen molar-refractivity contribution in [2.24, 2.45) is 0 Å². The fourth-order valence-corrected chi connectivity index (χ4v) is 3.83. The Kier molecular flexibility index (Phi) is 3.84. The van der Waals surface area contributed by atoms with Crippen molar-refractivity contribution in [3.63, 3.8) is 0 Å². The zero-order valence-corrected chi connectivity index (χ0v) is 12.5. The monoisotopic (exact) mass is 310 g/mol. The Labute approximate surface area is 124 Å². The molecular weight excluding hydrogens is 296 g/mol. The van der Waals surface area contributed by atoms with E-state index in [4.69, 9.17) is 9.84 Å². The number of thiazole rings is 1. The van der Waals surface area contributed by atoms with Crippen molar-refractivity contribution in [3.05, 3.63) is 27.4 Å². The number of carboxylic acids is 1. The fourth-order valence-electron chi connectivity index (χ4n) is 2.06. The van der Waals surface area contributed by atoms with E-state index < -0.39 is 5.97 Å². The fraction of sp³-hybridized carbons (Fsp3) is 0.385. The molecule has 1 aliphatic rings. The van der Waals surface area contributed by atoms with Gasteiger partial charge in [-0.3, -0.25) is 0 Å². The molecule has 1 unspecified atom stereocenters. The topological polar surface area (TPSA) is 62.7 Å². The first-order valence-electron chi connectivity index (χ1n) is 6.21. The highest BCUT2D eigenvalue weighted by Gasteiger charge is 2.23. The molecule has 106 valence electrons. The first-order chi connectivity index (χ1) is 9.63. The predicted molar refractivity (Wildman–Crippen MR) is 78.6 cm³/mol. The first-order valence-corrected chi connectivity index (χ1v) is 7.97. The maximum Gasteiger partial charge on any atom is 0.336 e. The van der Waals surface area contributed by atoms with Crippen LogP contribution >= 0.6 is 22.7 Å². The number of hydrogen-bond donors (Lipinski definition) is 1. The van der Waals surface area contributed by atoms with Crippen LogP contribution < -0.4 is 0 Å². The molecule has 0 saturated carbocycles. The van der Waals surface area contributed by atoms with E-state index in [1.165, 1.54) is 11.3 Å². The molecule has 0 aliphatic carbocycles. The van der Waals surface area contributed by atoms with Crippen molar-refractivity contribution in [2.45, 2.75) is 6.10 Å². The lowest BCUT2D eigenvalue weighted by Crippen LogP contribution is -2.35. The van der Waals surface area contributed by atoms with Gasteiger partial charge in [-0.05, 0) is 13.1 Å². The number of aromatic nitrogens is 1. The largest absolute Gasteiger partial charge is 0.478 e. The van der Waals surface area contributed by atoms with Crippen molar-refractivity contribution in [1.29, 1.82) is 0 Å². The van der Waals surface area contributed by atoms with Crippen molar-refractivity contribution in [1.82, 2.24) is 9.88 Å². The van der Waals surface area contributed by atoms with Crippen molar-refractivity contribution in [2.75, 3.05) is 26.7 Å². The third-order valence-corrected chi connectivity index (χ3v) is 5.06. The predicted octanol–water partition coefficient (Wildman–Crippen LogP) is 2.57. The lowest BCUT2D eigenvalue weighted by molar-refractivity contribution is -0.0209. The van der Waals surface area contributed by atoms with Crippen LogP contribution in [0.2, 0.25) is 0 Å². The van der Waals surface area contributed by atoms with Gasteiger partial charge in [-0.25, -0.2) is 9.78 Å². The quantitative estimate of drug-likeness (QED) is 0.944. The average molecular weight is 310 g/mol. The van der Waals surface area contributed by atoms with Crippen LogP contribution in [0.4, 0.5) is 0 Å². The van der Waals surface area contributed by atoms with E-state index in [1.54, 1.807) is 22.8 Å². The number of rotatable bonds is 3. The zero-order valence-electron chi connectivity index (χ0n) is 10.9. The molecule has 3 rings (SSSR count). The SMILES string of the molecule is CN1CCOC(c2nc(-c3cc(C(=O)O)cs3)cs2)C1. The molecule has 1 atom stereocenters. The number of thiophene rings is 1. The molecule has 1 fully saturated rings. The van der Waals surface area contributed by atoms with E-state index in [-0.39, 0.29) is 6.10 Å². The summed E-state index contributed by atoms with van der Waals surface area (Å²) in [6.07, 6.45) is 0.0198. The van der Waals surface area contributed by atoms with Gasteiger partial charge in [0, 0.05) is 23.8 Å². The molecule has 20 heavy (non-hydrogen) atoms. The maximum absolute atomic E-state index is 10.9. The summed E-state index contributed by atoms with van der Waals surface area (Å²) in [4.78, 5) is 18.6. The Morgan fingerprint density at radius 1 is 1.50 bits per heavy atom. The Morgan fingerprint density at radius 3 is 3.05 bits per heavy atom. The number of aromatic carboxylic acids is 1. The first kappa shape index (κ1) is 13.7. The zero-order chi connectivity index (χ0) is 14.1. The van der Waals surface area contributed by atoms with Crippen molar-refractivity contribution >= 4 is 28.6 Å². The Morgan fingerprint density at radius 2 is 2.35 bits per heavy atom. The Bertz CT molecular complexity index is 623. The lowest BCUT2D eigenvalue weighted by Gasteiger charge is -2.28. The van der Waals surface area contributed by atoms with Gasteiger partial charge in [-0.15, -0.1) is 22.7 Å². The minimum atomic E-state index is -0.903. The van der Waals surface area contributed by atoms with E-state index in [1.807, 2.05) is 5.38 Å². The van der Waals surface area contributed by atoms with Crippen LogP contribution in [0, 0.1) is 0 Å². The van der Waals surface area contributed by atoms with Crippen LogP contribution in [0.15, 0.2) is 16.8 Å². The van der Waals surface area contributed by atoms with Crippen LogP contribution in [0.3, 0.4) is 0 Å². The molecule has 1 saturated heterocycles. The van der Waals surface area contributed by atoms with Crippen molar-refractivity contribution < 1.29 is 14.6 Å². The number of ether oxygens (including phenoxy) is 1. The second-order valence-corrected chi connectivity index (χ2v) is 6.50. The van der Waals surface area contributed by atoms with Gasteiger partial charge in [-0.2, -0.15) is 0 Å². The molecule has 0 spiro atoms. The van der Waals surface area contributed by atoms with Crippen molar-refractivity contribution in [3.8, 4) is 10.6 Å². The van der Waals surface area contributed by atoms with Gasteiger partial charge in [-0.1, -0.05) is 0 Å². The van der Waals surface area contributed by atoms with Gasteiger partial charge < -0.3 is 14.7 Å². The highest BCUT2D eigenvalue weighted by molar-refractivity contribution is 7.14. The third-order valence-electron chi connectivity index (χ3n) is 3.17. The van der Waals surface area contributed by atoms with Crippen LogP contribution in [0.1, 0.15) is 21.5 Å². The molecule has 1 aliphatic heterocycles. The summed E-state index contributed by atoms with van der Waals surface area (Å²) in [6.45, 7) is 2.51. The second kappa shape index (κ2) is 5.61. The van der Waals surface area contributed by atoms with Gasteiger partial charge in [0.25, 0.3) is 0 Å². The van der Waals surface area contributed by atoms with Gasteiger partial charge in [0.1, 0.15) is 11.1 Å². The number of carbonyl (C=O) groups is 1. The Hall–Kier alpha value is -1.28. The molecule has 0 aromatic carbocycles. The van der Waals surface area contributed by atoms with Crippen LogP contribution in [-0.4, -0.2) is 47.7 Å². The van der Waals surface area contributed by atoms with Gasteiger partial charge >= 0.3 is 5.97 Å². The molecule has 0 bridgehead atoms. The normalized spacial score (nSPS) is 20.1. The summed E-state index contributed by atoms with van der Waals surface area (Å²) in [5.41, 5.74) is 1.15. The molecule has 3 heterocycles. The van der Waals surface area contributed by atoms with Gasteiger partial charge in [0.15, 0.2) is 0 Å². The number of morpholine rings is 1. The second-order valence-electron chi connectivity index (χ2n) is 4.70. The van der Waals surface area contributed by atoms with Crippen LogP contribution in [-0.2, 0) is 4.74 Å². The molecule has 7 heteroatoms. The van der Waals surface area contributed by atoms with Crippen LogP contribution in [0.25, 0.3) is 10.6 Å². The number of likely N-dealkylation sites (N-methyl/N-ethyl adjacent to an activating group) is 1. The molecule has 1 N–H and O–H groups in total. The van der Waals surface area contributed by atoms with E-state index in [0.717, 1.165) is 35.3 Å². The lowest BCUT2D eigenvalue weighted by atomic mass is 10.3. The summed E-state index contributed by atoms with van der Waals surface area (Å²) in [7, 11) is 2.07. The van der Waals surface area contributed by atoms with E-state index in [2.05, 4.69) is 16.9 Å². The van der Waals surface area contributed by atoms with E-state index >= 15 is 0 Å². The molecule has 0 amide bonds. The molecular formula is C13H14N2O3S2. The standard InChI is InChI=1S/C13H14N2O3S2/c1-15-2-3-18-10(5-15)12-14-9(7-20-12)11-4-8(6-19-11)13(16)17/h4,6-7,10H,2-3,5H2,1H3,(H,16,17). The summed E-state index contributed by atoms with van der Waals surface area (Å²) < 4.78 is 5.74. The van der Waals surface area contributed by atoms with E-state index in [9.17, 15) is 4.79 Å². The minimum absolute atomic E-state index is 0.0198. The molecule has 5 nitrogen and oxygen atoms in total.